The first kappa shape index (κ1) is 30.5. The van der Waals surface area contributed by atoms with Crippen molar-refractivity contribution in [2.24, 2.45) is 0 Å². The Morgan fingerprint density at radius 2 is 1.45 bits per heavy atom. The Bertz CT molecular complexity index is 1640. The van der Waals surface area contributed by atoms with E-state index in [1.165, 1.54) is 0 Å². The molecule has 0 spiro atoms. The highest BCUT2D eigenvalue weighted by Crippen LogP contribution is 2.47. The van der Waals surface area contributed by atoms with Crippen LogP contribution in [0, 0.1) is 0 Å². The minimum atomic E-state index is -0.635. The quantitative estimate of drug-likeness (QED) is 0.288. The third-order valence-electron chi connectivity index (χ3n) is 8.13. The largest absolute Gasteiger partial charge is 0.495 e. The molecule has 230 valence electrons. The number of hydrogen-bond acceptors (Lipinski definition) is 8. The van der Waals surface area contributed by atoms with Crippen molar-refractivity contribution in [3.8, 4) is 28.7 Å². The van der Waals surface area contributed by atoms with Gasteiger partial charge in [-0.2, -0.15) is 0 Å². The summed E-state index contributed by atoms with van der Waals surface area (Å²) in [7, 11) is 6.32. The highest BCUT2D eigenvalue weighted by atomic mass is 16.5. The van der Waals surface area contributed by atoms with Crippen LogP contribution >= 0.6 is 0 Å². The number of nitrogens with one attached hydrogen (secondary N) is 2. The second-order valence-corrected chi connectivity index (χ2v) is 10.6. The summed E-state index contributed by atoms with van der Waals surface area (Å²) in [6.45, 7) is 4.24. The summed E-state index contributed by atoms with van der Waals surface area (Å²) >= 11 is 0. The highest BCUT2D eigenvalue weighted by Gasteiger charge is 2.41. The lowest BCUT2D eigenvalue weighted by molar-refractivity contribution is -0.116. The number of Topliss-reactive ketones (excluding diaryl/α,β-unsaturated/α-hetero) is 1. The minimum Gasteiger partial charge on any atom is -0.495 e. The van der Waals surface area contributed by atoms with Crippen molar-refractivity contribution in [2.75, 3.05) is 40.4 Å². The average Bonchev–Trinajstić information content (AvgIpc) is 3.04. The van der Waals surface area contributed by atoms with Gasteiger partial charge in [-0.15, -0.1) is 0 Å². The fourth-order valence-electron chi connectivity index (χ4n) is 6.09. The predicted molar refractivity (Wildman–Crippen MR) is 168 cm³/mol. The van der Waals surface area contributed by atoms with Gasteiger partial charge in [0.15, 0.2) is 28.8 Å². The second-order valence-electron chi connectivity index (χ2n) is 10.6. The van der Waals surface area contributed by atoms with Crippen molar-refractivity contribution in [3.63, 3.8) is 0 Å². The molecular weight excluding hydrogens is 560 g/mol. The van der Waals surface area contributed by atoms with Crippen molar-refractivity contribution >= 4 is 17.4 Å². The van der Waals surface area contributed by atoms with E-state index < -0.39 is 5.92 Å². The molecule has 1 aliphatic carbocycles. The fourth-order valence-corrected chi connectivity index (χ4v) is 6.09. The first-order valence-electron chi connectivity index (χ1n) is 14.5. The Morgan fingerprint density at radius 1 is 0.818 bits per heavy atom. The second kappa shape index (κ2) is 13.2. The topological polar surface area (TPSA) is 104 Å². The maximum absolute atomic E-state index is 14.1. The standard InChI is InChI=1S/C35H38N2O7/c1-7-44-29-15-13-22(19-31(29)43-6)33-32(35(39)37-24-10-8-9-11-27(24)40-3)20(2)36-25-16-23(17-26(38)34(25)33)21-12-14-28(41-4)30(18-21)42-5/h8-15,18-19,23,33,36H,7,16-17H2,1-6H3,(H,37,39)/t23-,33+/m0/s1. The van der Waals surface area contributed by atoms with E-state index >= 15 is 0 Å². The van der Waals surface area contributed by atoms with Crippen molar-refractivity contribution in [1.82, 2.24) is 5.32 Å². The van der Waals surface area contributed by atoms with Crippen LogP contribution in [-0.2, 0) is 9.59 Å². The van der Waals surface area contributed by atoms with Crippen LogP contribution in [0.1, 0.15) is 49.7 Å². The van der Waals surface area contributed by atoms with Crippen LogP contribution in [0.4, 0.5) is 5.69 Å². The molecule has 1 heterocycles. The molecule has 9 heteroatoms. The number of dihydropyridines is 1. The summed E-state index contributed by atoms with van der Waals surface area (Å²) in [4.78, 5) is 28.2. The molecule has 3 aromatic carbocycles. The summed E-state index contributed by atoms with van der Waals surface area (Å²) in [6.07, 6.45) is 0.862. The molecule has 9 nitrogen and oxygen atoms in total. The summed E-state index contributed by atoms with van der Waals surface area (Å²) in [6, 6.07) is 18.5. The number of hydrogen-bond donors (Lipinski definition) is 2. The van der Waals surface area contributed by atoms with Crippen molar-refractivity contribution in [1.29, 1.82) is 0 Å². The number of amides is 1. The molecule has 2 atom stereocenters. The third-order valence-corrected chi connectivity index (χ3v) is 8.13. The number of methoxy groups -OCH3 is 4. The molecule has 0 bridgehead atoms. The summed E-state index contributed by atoms with van der Waals surface area (Å²) < 4.78 is 27.8. The number of ketones is 1. The molecule has 44 heavy (non-hydrogen) atoms. The normalized spacial score (nSPS) is 17.8. The van der Waals surface area contributed by atoms with Gasteiger partial charge in [-0.3, -0.25) is 9.59 Å². The van der Waals surface area contributed by atoms with Gasteiger partial charge in [-0.1, -0.05) is 24.3 Å². The third kappa shape index (κ3) is 5.82. The van der Waals surface area contributed by atoms with Crippen LogP contribution in [0.25, 0.3) is 0 Å². The minimum absolute atomic E-state index is 0.0357. The number of ether oxygens (including phenoxy) is 5. The Balaban J connectivity index is 1.59. The molecule has 2 aliphatic rings. The predicted octanol–water partition coefficient (Wildman–Crippen LogP) is 6.12. The van der Waals surface area contributed by atoms with Gasteiger partial charge < -0.3 is 34.3 Å². The zero-order valence-corrected chi connectivity index (χ0v) is 25.9. The van der Waals surface area contributed by atoms with Crippen LogP contribution in [-0.4, -0.2) is 46.7 Å². The van der Waals surface area contributed by atoms with Gasteiger partial charge in [0.25, 0.3) is 5.91 Å². The molecule has 0 radical (unpaired) electrons. The number of carbonyl (C=O) groups is 2. The Hall–Kier alpha value is -4.92. The zero-order valence-electron chi connectivity index (χ0n) is 25.9. The Kier molecular flexibility index (Phi) is 9.13. The highest BCUT2D eigenvalue weighted by molar-refractivity contribution is 6.10. The van der Waals surface area contributed by atoms with E-state index in [2.05, 4.69) is 10.6 Å². The molecular formula is C35H38N2O7. The molecule has 0 aromatic heterocycles. The first-order valence-corrected chi connectivity index (χ1v) is 14.5. The molecule has 0 fully saturated rings. The van der Waals surface area contributed by atoms with Gasteiger partial charge >= 0.3 is 0 Å². The molecule has 1 aliphatic heterocycles. The van der Waals surface area contributed by atoms with Crippen LogP contribution in [0.2, 0.25) is 0 Å². The summed E-state index contributed by atoms with van der Waals surface area (Å²) in [5, 5.41) is 6.45. The van der Waals surface area contributed by atoms with Gasteiger partial charge in [-0.05, 0) is 73.7 Å². The zero-order chi connectivity index (χ0) is 31.4. The number of rotatable bonds is 10. The Labute approximate surface area is 257 Å². The molecule has 1 amide bonds. The van der Waals surface area contributed by atoms with E-state index in [1.807, 2.05) is 62.4 Å². The van der Waals surface area contributed by atoms with Crippen LogP contribution < -0.4 is 34.3 Å². The number of anilines is 1. The maximum atomic E-state index is 14.1. The van der Waals surface area contributed by atoms with E-state index in [1.54, 1.807) is 40.6 Å². The van der Waals surface area contributed by atoms with Crippen molar-refractivity contribution in [3.05, 3.63) is 94.3 Å². The van der Waals surface area contributed by atoms with Crippen LogP contribution in [0.5, 0.6) is 28.7 Å². The number of carbonyl (C=O) groups excluding carboxylic acids is 2. The van der Waals surface area contributed by atoms with Gasteiger partial charge in [0.2, 0.25) is 0 Å². The van der Waals surface area contributed by atoms with Crippen molar-refractivity contribution < 1.29 is 33.3 Å². The monoisotopic (exact) mass is 598 g/mol. The lowest BCUT2D eigenvalue weighted by Gasteiger charge is -2.37. The van der Waals surface area contributed by atoms with Gasteiger partial charge in [0.1, 0.15) is 5.75 Å². The van der Waals surface area contributed by atoms with E-state index in [-0.39, 0.29) is 24.0 Å². The Morgan fingerprint density at radius 3 is 2.16 bits per heavy atom. The van der Waals surface area contributed by atoms with Crippen LogP contribution in [0.3, 0.4) is 0 Å². The molecule has 0 unspecified atom stereocenters. The van der Waals surface area contributed by atoms with Gasteiger partial charge in [-0.25, -0.2) is 0 Å². The number of para-hydroxylation sites is 2. The number of allylic oxidation sites excluding steroid dienone is 3. The van der Waals surface area contributed by atoms with E-state index in [4.69, 9.17) is 23.7 Å². The lowest BCUT2D eigenvalue weighted by atomic mass is 9.71. The number of benzene rings is 3. The molecule has 5 rings (SSSR count). The summed E-state index contributed by atoms with van der Waals surface area (Å²) in [5.74, 6) is 1.80. The summed E-state index contributed by atoms with van der Waals surface area (Å²) in [5.41, 5.74) is 4.74. The average molecular weight is 599 g/mol. The molecule has 3 aromatic rings. The maximum Gasteiger partial charge on any atom is 0.254 e. The SMILES string of the molecule is CCOc1ccc([C@@H]2C(C(=O)Nc3ccccc3OC)=C(C)NC3=C2C(=O)C[C@@H](c2ccc(OC)c(OC)c2)C3)cc1OC. The van der Waals surface area contributed by atoms with Crippen molar-refractivity contribution in [2.45, 2.75) is 38.5 Å². The fraction of sp³-hybridized carbons (Fsp3) is 0.314. The van der Waals surface area contributed by atoms with Crippen LogP contribution in [0.15, 0.2) is 83.2 Å². The van der Waals surface area contributed by atoms with Gasteiger partial charge in [0.05, 0.1) is 40.7 Å². The molecule has 0 saturated carbocycles. The van der Waals surface area contributed by atoms with E-state index in [0.717, 1.165) is 16.8 Å². The lowest BCUT2D eigenvalue weighted by Crippen LogP contribution is -2.37. The van der Waals surface area contributed by atoms with E-state index in [0.29, 0.717) is 64.3 Å². The molecule has 0 saturated heterocycles. The molecule has 2 N–H and O–H groups in total. The smallest absolute Gasteiger partial charge is 0.254 e. The van der Waals surface area contributed by atoms with Gasteiger partial charge in [0, 0.05) is 34.9 Å². The van der Waals surface area contributed by atoms with E-state index in [9.17, 15) is 9.59 Å². The first-order chi connectivity index (χ1) is 21.3.